The number of fused-ring (bicyclic) bond motifs is 2. The SMILES string of the molecule is [3H]C1CC([C@H]2c3ncc(Br)cc3CCc3cc(Cl)cc(Br)c32)CC([3H])N1C(=O)CC1CCN(C(=O)OC(C)(C)C)CC1. The number of pyridine rings is 1. The van der Waals surface area contributed by atoms with Gasteiger partial charge in [0.25, 0.3) is 0 Å². The summed E-state index contributed by atoms with van der Waals surface area (Å²) < 4.78 is 25.4. The minimum absolute atomic E-state index is 0.0298. The van der Waals surface area contributed by atoms with Crippen LogP contribution in [0.2, 0.25) is 5.02 Å². The van der Waals surface area contributed by atoms with Crippen LogP contribution in [0.1, 0.15) is 83.9 Å². The Bertz CT molecular complexity index is 1340. The minimum atomic E-state index is -0.808. The normalized spacial score (nSPS) is 26.2. The van der Waals surface area contributed by atoms with Gasteiger partial charge in [-0.05, 0) is 122 Å². The first-order valence-electron chi connectivity index (χ1n) is 15.2. The fourth-order valence-electron chi connectivity index (χ4n) is 6.17. The number of rotatable bonds is 3. The molecule has 9 heteroatoms. The first-order chi connectivity index (χ1) is 19.8. The number of nitrogens with zero attached hydrogens (tertiary/aromatic N) is 3. The molecule has 0 N–H and O–H groups in total. The second kappa shape index (κ2) is 12.3. The van der Waals surface area contributed by atoms with E-state index in [1.807, 2.05) is 39.1 Å². The quantitative estimate of drug-likeness (QED) is 0.329. The lowest BCUT2D eigenvalue weighted by Crippen LogP contribution is -2.44. The Balaban J connectivity index is 1.30. The molecule has 2 fully saturated rings. The van der Waals surface area contributed by atoms with Crippen LogP contribution in [-0.4, -0.2) is 58.5 Å². The number of hydrogen-bond acceptors (Lipinski definition) is 4. The Morgan fingerprint density at radius 3 is 2.40 bits per heavy atom. The molecule has 2 amide bonds. The lowest BCUT2D eigenvalue weighted by atomic mass is 9.76. The van der Waals surface area contributed by atoms with Crippen LogP contribution < -0.4 is 0 Å². The van der Waals surface area contributed by atoms with Gasteiger partial charge in [-0.1, -0.05) is 27.5 Å². The maximum absolute atomic E-state index is 13.5. The predicted octanol–water partition coefficient (Wildman–Crippen LogP) is 7.77. The number of amides is 2. The highest BCUT2D eigenvalue weighted by molar-refractivity contribution is 9.10. The molecule has 216 valence electrons. The molecule has 2 unspecified atom stereocenters. The Kier molecular flexibility index (Phi) is 8.37. The molecule has 3 heterocycles. The number of carbonyl (C=O) groups is 2. The number of ether oxygens (including phenoxy) is 1. The first kappa shape index (κ1) is 27.2. The molecule has 6 nitrogen and oxygen atoms in total. The Morgan fingerprint density at radius 1 is 1.05 bits per heavy atom. The van der Waals surface area contributed by atoms with Gasteiger partial charge in [0.2, 0.25) is 5.91 Å². The van der Waals surface area contributed by atoms with Crippen molar-refractivity contribution in [1.82, 2.24) is 14.8 Å². The largest absolute Gasteiger partial charge is 0.444 e. The van der Waals surface area contributed by atoms with Gasteiger partial charge in [0.05, 0.1) is 5.69 Å². The van der Waals surface area contributed by atoms with Gasteiger partial charge in [-0.2, -0.15) is 0 Å². The Labute approximate surface area is 262 Å². The summed E-state index contributed by atoms with van der Waals surface area (Å²) >= 11 is 13.8. The number of halogens is 3. The van der Waals surface area contributed by atoms with Crippen molar-refractivity contribution < 1.29 is 17.1 Å². The molecule has 0 saturated carbocycles. The predicted molar refractivity (Wildman–Crippen MR) is 165 cm³/mol. The topological polar surface area (TPSA) is 62.7 Å². The second-order valence-electron chi connectivity index (χ2n) is 12.1. The van der Waals surface area contributed by atoms with E-state index in [4.69, 9.17) is 24.1 Å². The van der Waals surface area contributed by atoms with E-state index in [0.717, 1.165) is 44.2 Å². The fourth-order valence-corrected chi connectivity index (χ4v) is 7.67. The highest BCUT2D eigenvalue weighted by Gasteiger charge is 2.37. The van der Waals surface area contributed by atoms with Crippen LogP contribution in [0.4, 0.5) is 4.79 Å². The summed E-state index contributed by atoms with van der Waals surface area (Å²) in [5.74, 6) is -0.150. The van der Waals surface area contributed by atoms with Crippen LogP contribution in [0.15, 0.2) is 33.3 Å². The monoisotopic (exact) mass is 697 g/mol. The third kappa shape index (κ3) is 6.87. The third-order valence-corrected chi connectivity index (χ3v) is 9.42. The van der Waals surface area contributed by atoms with Gasteiger partial charge in [0.1, 0.15) is 5.60 Å². The molecule has 3 atom stereocenters. The van der Waals surface area contributed by atoms with Crippen LogP contribution in [0, 0.1) is 11.8 Å². The second-order valence-corrected chi connectivity index (χ2v) is 14.4. The molecule has 1 aromatic heterocycles. The molecular weight excluding hydrogens is 658 g/mol. The third-order valence-electron chi connectivity index (χ3n) is 8.12. The highest BCUT2D eigenvalue weighted by Crippen LogP contribution is 2.46. The van der Waals surface area contributed by atoms with E-state index >= 15 is 0 Å². The molecule has 40 heavy (non-hydrogen) atoms. The average molecular weight is 700 g/mol. The molecule has 3 aliphatic rings. The number of aryl methyl sites for hydroxylation is 2. The summed E-state index contributed by atoms with van der Waals surface area (Å²) in [6, 6.07) is 6.07. The molecular formula is C31H38Br2ClN3O3. The van der Waals surface area contributed by atoms with Crippen molar-refractivity contribution in [2.24, 2.45) is 11.8 Å². The van der Waals surface area contributed by atoms with E-state index in [1.165, 1.54) is 4.90 Å². The van der Waals surface area contributed by atoms with E-state index < -0.39 is 18.6 Å². The molecule has 1 aromatic carbocycles. The number of carbonyl (C=O) groups excluding carboxylic acids is 2. The van der Waals surface area contributed by atoms with Crippen LogP contribution in [0.5, 0.6) is 0 Å². The fraction of sp³-hybridized carbons (Fsp3) is 0.581. The van der Waals surface area contributed by atoms with Gasteiger partial charge >= 0.3 is 6.09 Å². The summed E-state index contributed by atoms with van der Waals surface area (Å²) in [6.07, 6.45) is 5.81. The zero-order chi connectivity index (χ0) is 30.3. The molecule has 0 bridgehead atoms. The summed E-state index contributed by atoms with van der Waals surface area (Å²) in [4.78, 5) is 34.0. The maximum Gasteiger partial charge on any atom is 0.410 e. The Hall–Kier alpha value is -1.64. The van der Waals surface area contributed by atoms with E-state index in [1.54, 1.807) is 4.90 Å². The van der Waals surface area contributed by atoms with Gasteiger partial charge in [-0.25, -0.2) is 4.79 Å². The zero-order valence-corrected chi connectivity index (χ0v) is 27.2. The van der Waals surface area contributed by atoms with Crippen LogP contribution in [0.25, 0.3) is 0 Å². The summed E-state index contributed by atoms with van der Waals surface area (Å²) in [5, 5.41) is 0.675. The number of hydrogen-bond donors (Lipinski definition) is 0. The Morgan fingerprint density at radius 2 is 1.73 bits per heavy atom. The summed E-state index contributed by atoms with van der Waals surface area (Å²) in [6.45, 7) is 5.04. The zero-order valence-electron chi connectivity index (χ0n) is 25.3. The smallest absolute Gasteiger partial charge is 0.410 e. The van der Waals surface area contributed by atoms with E-state index in [0.29, 0.717) is 50.2 Å². The van der Waals surface area contributed by atoms with Crippen molar-refractivity contribution in [3.05, 3.63) is 60.7 Å². The van der Waals surface area contributed by atoms with E-state index in [-0.39, 0.29) is 29.8 Å². The first-order valence-corrected chi connectivity index (χ1v) is 16.0. The van der Waals surface area contributed by atoms with Gasteiger partial charge < -0.3 is 14.5 Å². The molecule has 1 aliphatic carbocycles. The lowest BCUT2D eigenvalue weighted by molar-refractivity contribution is -0.134. The number of likely N-dealkylation sites (tertiary alicyclic amines) is 2. The van der Waals surface area contributed by atoms with E-state index in [2.05, 4.69) is 37.9 Å². The number of benzene rings is 1. The van der Waals surface area contributed by atoms with Gasteiger partial charge in [-0.15, -0.1) is 0 Å². The number of piperidine rings is 2. The van der Waals surface area contributed by atoms with Crippen molar-refractivity contribution in [2.45, 2.75) is 77.2 Å². The van der Waals surface area contributed by atoms with Crippen molar-refractivity contribution in [2.75, 3.05) is 26.1 Å². The average Bonchev–Trinajstić information content (AvgIpc) is 3.04. The number of aromatic nitrogens is 1. The van der Waals surface area contributed by atoms with Crippen LogP contribution >= 0.6 is 43.5 Å². The van der Waals surface area contributed by atoms with Crippen LogP contribution in [0.3, 0.4) is 0 Å². The highest BCUT2D eigenvalue weighted by atomic mass is 79.9. The van der Waals surface area contributed by atoms with Gasteiger partial charge in [-0.3, -0.25) is 9.78 Å². The minimum Gasteiger partial charge on any atom is -0.444 e. The molecule has 0 spiro atoms. The summed E-state index contributed by atoms with van der Waals surface area (Å²) in [7, 11) is 0. The van der Waals surface area contributed by atoms with Crippen molar-refractivity contribution in [3.63, 3.8) is 0 Å². The molecule has 0 radical (unpaired) electrons. The van der Waals surface area contributed by atoms with Crippen LogP contribution in [-0.2, 0) is 22.4 Å². The molecule has 5 rings (SSSR count). The van der Waals surface area contributed by atoms with Crippen molar-refractivity contribution in [1.29, 1.82) is 0 Å². The van der Waals surface area contributed by atoms with Gasteiger partial charge in [0, 0.05) is 61.4 Å². The van der Waals surface area contributed by atoms with E-state index in [9.17, 15) is 9.59 Å². The summed E-state index contributed by atoms with van der Waals surface area (Å²) in [5.41, 5.74) is 3.90. The molecule has 2 aliphatic heterocycles. The van der Waals surface area contributed by atoms with Crippen molar-refractivity contribution >= 4 is 55.5 Å². The molecule has 2 aromatic rings. The standard InChI is InChI=1S/C31H38Br2ClN3O3/c1-31(2,3)40-30(39)37-10-6-19(7-11-37)14-26(38)36-12-8-20(9-13-36)28-27-21(16-24(34)17-25(27)33)4-5-22-15-23(32)18-35-29(22)28/h15-20,28H,4-14H2,1-3H3/t28-/m1/s1/i12T,13T/t12?,13?,20?,28-. The molecule has 2 saturated heterocycles. The maximum atomic E-state index is 13.5. The van der Waals surface area contributed by atoms with Gasteiger partial charge in [0.15, 0.2) is 0 Å². The lowest BCUT2D eigenvalue weighted by Gasteiger charge is -2.38. The van der Waals surface area contributed by atoms with Crippen molar-refractivity contribution in [3.8, 4) is 0 Å².